The number of piperazine rings is 1. The maximum atomic E-state index is 13.4. The molecule has 2 aromatic carbocycles. The molecule has 6 heterocycles. The summed E-state index contributed by atoms with van der Waals surface area (Å²) in [4.78, 5) is 93.4. The van der Waals surface area contributed by atoms with Crippen molar-refractivity contribution >= 4 is 47.0 Å². The van der Waals surface area contributed by atoms with Gasteiger partial charge in [0.15, 0.2) is 11.6 Å². The molecule has 0 bridgehead atoms. The van der Waals surface area contributed by atoms with Crippen molar-refractivity contribution < 1.29 is 38.2 Å². The number of likely N-dealkylation sites (tertiary alicyclic amines) is 1. The Balaban J connectivity index is 0.000000188. The van der Waals surface area contributed by atoms with Crippen LogP contribution in [-0.2, 0) is 19.1 Å². The number of methoxy groups -OCH3 is 1. The molecule has 1 saturated carbocycles. The third-order valence-electron chi connectivity index (χ3n) is 13.8. The van der Waals surface area contributed by atoms with Crippen LogP contribution in [0.15, 0.2) is 55.0 Å². The van der Waals surface area contributed by atoms with E-state index >= 15 is 0 Å². The first-order valence-corrected chi connectivity index (χ1v) is 23.2. The number of fused-ring (bicyclic) bond motifs is 1. The van der Waals surface area contributed by atoms with Crippen LogP contribution in [0.3, 0.4) is 0 Å². The van der Waals surface area contributed by atoms with Crippen molar-refractivity contribution in [2.24, 2.45) is 5.41 Å². The van der Waals surface area contributed by atoms with E-state index in [4.69, 9.17) is 9.47 Å². The summed E-state index contributed by atoms with van der Waals surface area (Å²) in [5, 5.41) is 5.43. The van der Waals surface area contributed by atoms with Crippen LogP contribution in [0, 0.1) is 5.41 Å². The van der Waals surface area contributed by atoms with Crippen molar-refractivity contribution in [3.05, 3.63) is 71.7 Å². The second-order valence-electron chi connectivity index (χ2n) is 18.3. The molecule has 17 heteroatoms. The quantitative estimate of drug-likeness (QED) is 0.148. The maximum Gasteiger partial charge on any atom is 0.341 e. The van der Waals surface area contributed by atoms with Crippen LogP contribution in [-0.4, -0.2) is 145 Å². The number of hydrogen-bond acceptors (Lipinski definition) is 14. The number of ether oxygens (including phenoxy) is 2. The summed E-state index contributed by atoms with van der Waals surface area (Å²) in [5.41, 5.74) is 2.14. The highest BCUT2D eigenvalue weighted by Crippen LogP contribution is 2.45. The van der Waals surface area contributed by atoms with Gasteiger partial charge in [0, 0.05) is 63.6 Å². The van der Waals surface area contributed by atoms with Gasteiger partial charge in [0.1, 0.15) is 23.7 Å². The number of nitrogens with zero attached hydrogens (tertiary/aromatic N) is 7. The maximum absolute atomic E-state index is 13.4. The number of piperidine rings is 2. The van der Waals surface area contributed by atoms with Crippen LogP contribution in [0.1, 0.15) is 108 Å². The van der Waals surface area contributed by atoms with E-state index in [9.17, 15) is 28.8 Å². The van der Waals surface area contributed by atoms with Gasteiger partial charge in [0.2, 0.25) is 17.7 Å². The van der Waals surface area contributed by atoms with E-state index in [1.807, 2.05) is 12.1 Å². The fourth-order valence-corrected chi connectivity index (χ4v) is 10.0. The van der Waals surface area contributed by atoms with E-state index in [-0.39, 0.29) is 24.7 Å². The third-order valence-corrected chi connectivity index (χ3v) is 13.8. The van der Waals surface area contributed by atoms with Gasteiger partial charge >= 0.3 is 5.97 Å². The second kappa shape index (κ2) is 20.5. The van der Waals surface area contributed by atoms with Crippen molar-refractivity contribution in [1.29, 1.82) is 0 Å². The van der Waals surface area contributed by atoms with E-state index in [1.165, 1.54) is 45.5 Å². The Morgan fingerprint density at radius 1 is 0.846 bits per heavy atom. The van der Waals surface area contributed by atoms with Crippen molar-refractivity contribution in [2.75, 3.05) is 82.9 Å². The minimum atomic E-state index is -0.963. The van der Waals surface area contributed by atoms with Crippen molar-refractivity contribution in [1.82, 2.24) is 35.3 Å². The van der Waals surface area contributed by atoms with Crippen molar-refractivity contribution in [3.8, 4) is 11.5 Å². The number of esters is 1. The fourth-order valence-electron chi connectivity index (χ4n) is 10.0. The summed E-state index contributed by atoms with van der Waals surface area (Å²) in [6.45, 7) is 8.28. The number of carbonyl (C=O) groups excluding carboxylic acids is 6. The lowest BCUT2D eigenvalue weighted by molar-refractivity contribution is -0.136. The molecular weight excluding hydrogens is 831 g/mol. The molecule has 0 radical (unpaired) electrons. The molecule has 2 N–H and O–H groups in total. The minimum Gasteiger partial charge on any atom is -0.465 e. The normalized spacial score (nSPS) is 21.3. The summed E-state index contributed by atoms with van der Waals surface area (Å²) in [7, 11) is 3.54. The molecule has 1 unspecified atom stereocenters. The predicted molar refractivity (Wildman–Crippen MR) is 242 cm³/mol. The first-order valence-electron chi connectivity index (χ1n) is 23.2. The first-order chi connectivity index (χ1) is 31.5. The molecule has 1 aromatic heterocycles. The zero-order chi connectivity index (χ0) is 45.5. The third kappa shape index (κ3) is 10.5. The summed E-state index contributed by atoms with van der Waals surface area (Å²) in [6, 6.07) is 11.7. The molecule has 5 amide bonds. The summed E-state index contributed by atoms with van der Waals surface area (Å²) in [5.74, 6) is -0.428. The van der Waals surface area contributed by atoms with Gasteiger partial charge < -0.3 is 29.5 Å². The van der Waals surface area contributed by atoms with Gasteiger partial charge in [-0.05, 0) is 95.9 Å². The van der Waals surface area contributed by atoms with Gasteiger partial charge in [-0.1, -0.05) is 37.5 Å². The first kappa shape index (κ1) is 45.6. The van der Waals surface area contributed by atoms with Crippen LogP contribution < -0.4 is 25.2 Å². The van der Waals surface area contributed by atoms with Gasteiger partial charge in [-0.25, -0.2) is 14.8 Å². The fraction of sp³-hybridized carbons (Fsp3) is 0.542. The van der Waals surface area contributed by atoms with E-state index < -0.39 is 29.7 Å². The second-order valence-corrected chi connectivity index (χ2v) is 18.3. The van der Waals surface area contributed by atoms with Crippen molar-refractivity contribution in [2.45, 2.75) is 89.1 Å². The highest BCUT2D eigenvalue weighted by atomic mass is 16.5. The van der Waals surface area contributed by atoms with E-state index in [0.29, 0.717) is 46.1 Å². The molecule has 5 aliphatic heterocycles. The number of nitrogens with one attached hydrogen (secondary N) is 2. The molecule has 346 valence electrons. The lowest BCUT2D eigenvalue weighted by Gasteiger charge is -2.54. The van der Waals surface area contributed by atoms with Gasteiger partial charge in [-0.3, -0.25) is 39.1 Å². The monoisotopic (exact) mass is 891 g/mol. The van der Waals surface area contributed by atoms with Gasteiger partial charge in [-0.15, -0.1) is 0 Å². The molecule has 3 aromatic rings. The Morgan fingerprint density at radius 3 is 2.34 bits per heavy atom. The minimum absolute atomic E-state index is 0.101. The average molecular weight is 892 g/mol. The summed E-state index contributed by atoms with van der Waals surface area (Å²) < 4.78 is 10.9. The van der Waals surface area contributed by atoms with Crippen LogP contribution in [0.4, 0.5) is 11.5 Å². The summed E-state index contributed by atoms with van der Waals surface area (Å²) >= 11 is 0. The number of benzene rings is 2. The molecule has 6 aliphatic rings. The molecule has 1 aliphatic carbocycles. The van der Waals surface area contributed by atoms with E-state index in [1.54, 1.807) is 36.5 Å². The SMILES string of the molecule is COC(=O)c1ccccc1Oc1cncnc1N1CC2(CCN(C)CC2)C1.O=C1CCC(N2C(=O)c3cccc(N4CCN(CCCCC(=O)NC5CCCCC5)CC4)c3C2=O)C(=O)N1. The lowest BCUT2D eigenvalue weighted by atomic mass is 9.72. The Hall–Kier alpha value is -5.94. The van der Waals surface area contributed by atoms with E-state index in [2.05, 4.69) is 47.2 Å². The molecule has 5 fully saturated rings. The number of unbranched alkanes of at least 4 members (excludes halogenated alkanes) is 1. The Labute approximate surface area is 380 Å². The van der Waals surface area contributed by atoms with Crippen LogP contribution in [0.25, 0.3) is 0 Å². The van der Waals surface area contributed by atoms with Gasteiger partial charge in [0.25, 0.3) is 11.8 Å². The molecule has 4 saturated heterocycles. The highest BCUT2D eigenvalue weighted by Gasteiger charge is 2.47. The van der Waals surface area contributed by atoms with Crippen LogP contribution >= 0.6 is 0 Å². The number of para-hydroxylation sites is 1. The van der Waals surface area contributed by atoms with Crippen LogP contribution in [0.5, 0.6) is 11.5 Å². The Morgan fingerprint density at radius 2 is 1.60 bits per heavy atom. The molecule has 17 nitrogen and oxygen atoms in total. The molecule has 1 atom stereocenters. The number of amides is 5. The smallest absolute Gasteiger partial charge is 0.341 e. The molecular formula is C48H61N9O8. The Kier molecular flexibility index (Phi) is 14.4. The van der Waals surface area contributed by atoms with Gasteiger partial charge in [0.05, 0.1) is 30.1 Å². The number of anilines is 2. The predicted octanol–water partition coefficient (Wildman–Crippen LogP) is 4.42. The number of aromatic nitrogens is 2. The van der Waals surface area contributed by atoms with Gasteiger partial charge in [-0.2, -0.15) is 0 Å². The topological polar surface area (TPSA) is 187 Å². The highest BCUT2D eigenvalue weighted by molar-refractivity contribution is 6.25. The molecule has 1 spiro atoms. The zero-order valence-electron chi connectivity index (χ0n) is 37.6. The largest absolute Gasteiger partial charge is 0.465 e. The van der Waals surface area contributed by atoms with Crippen LogP contribution in [0.2, 0.25) is 0 Å². The number of imide groups is 2. The average Bonchev–Trinajstić information content (AvgIpc) is 3.56. The Bertz CT molecular complexity index is 2240. The number of hydrogen-bond donors (Lipinski definition) is 2. The summed E-state index contributed by atoms with van der Waals surface area (Å²) in [6.07, 6.45) is 14.2. The number of carbonyl (C=O) groups is 6. The standard InChI is InChI=1S/C28H37N5O5.C20H24N4O3/c34-23(29-19-7-2-1-3-8-19)11-4-5-14-31-15-17-32(18-16-31)21-10-6-9-20-25(21)28(38)33(27(20)37)22-12-13-24(35)30-26(22)36;1-23-9-7-20(8-10-23)12-24(13-20)18-17(11-21-14-22-18)27-16-6-4-3-5-15(16)19(25)26-2/h6,9-10,19,22H,1-5,7-8,11-18H2,(H,29,34)(H,30,35,36);3-6,11,14H,7-10,12-13H2,1-2H3. The number of rotatable bonds is 12. The molecule has 65 heavy (non-hydrogen) atoms. The van der Waals surface area contributed by atoms with Crippen molar-refractivity contribution in [3.63, 3.8) is 0 Å². The lowest BCUT2D eigenvalue weighted by Crippen LogP contribution is -2.60. The molecule has 9 rings (SSSR count). The zero-order valence-corrected chi connectivity index (χ0v) is 37.6. The van der Waals surface area contributed by atoms with E-state index in [0.717, 1.165) is 101 Å².